The number of hydrogen-bond donors (Lipinski definition) is 0. The molecule has 1 aliphatic carbocycles. The maximum atomic E-state index is 15.1. The molecule has 0 radical (unpaired) electrons. The lowest BCUT2D eigenvalue weighted by molar-refractivity contribution is 0.402. The van der Waals surface area contributed by atoms with Crippen LogP contribution in [0.25, 0.3) is 0 Å². The van der Waals surface area contributed by atoms with E-state index in [1.807, 2.05) is 36.4 Å². The van der Waals surface area contributed by atoms with Crippen molar-refractivity contribution in [1.82, 2.24) is 0 Å². The maximum absolute atomic E-state index is 15.1. The van der Waals surface area contributed by atoms with Crippen LogP contribution in [-0.2, 0) is 19.3 Å². The first-order valence-electron chi connectivity index (χ1n) is 12.8. The first-order chi connectivity index (χ1) is 17.1. The minimum absolute atomic E-state index is 0.119. The summed E-state index contributed by atoms with van der Waals surface area (Å²) in [6, 6.07) is 17.3. The van der Waals surface area contributed by atoms with Gasteiger partial charge in [0.1, 0.15) is 11.6 Å². The topological polar surface area (TPSA) is 0 Å². The molecule has 2 heteroatoms. The summed E-state index contributed by atoms with van der Waals surface area (Å²) in [7, 11) is 0. The van der Waals surface area contributed by atoms with Gasteiger partial charge in [-0.05, 0) is 90.8 Å². The lowest BCUT2D eigenvalue weighted by Crippen LogP contribution is -2.17. The zero-order valence-electron chi connectivity index (χ0n) is 20.7. The van der Waals surface area contributed by atoms with E-state index in [4.69, 9.17) is 0 Å². The van der Waals surface area contributed by atoms with E-state index in [0.29, 0.717) is 23.5 Å². The van der Waals surface area contributed by atoms with Crippen molar-refractivity contribution in [3.8, 4) is 23.7 Å². The minimum Gasteiger partial charge on any atom is -0.206 e. The van der Waals surface area contributed by atoms with Gasteiger partial charge in [-0.2, -0.15) is 0 Å². The Hall–Kier alpha value is -3.36. The molecule has 178 valence electrons. The van der Waals surface area contributed by atoms with E-state index in [9.17, 15) is 4.39 Å². The van der Waals surface area contributed by atoms with E-state index in [0.717, 1.165) is 55.2 Å². The van der Waals surface area contributed by atoms with Gasteiger partial charge in [0.25, 0.3) is 0 Å². The average molecular weight is 467 g/mol. The quantitative estimate of drug-likeness (QED) is 0.334. The zero-order chi connectivity index (χ0) is 24.6. The zero-order valence-corrected chi connectivity index (χ0v) is 20.7. The molecule has 0 spiro atoms. The van der Waals surface area contributed by atoms with Crippen LogP contribution in [-0.4, -0.2) is 0 Å². The van der Waals surface area contributed by atoms with Crippen LogP contribution in [0.1, 0.15) is 84.9 Å². The molecule has 3 aromatic carbocycles. The van der Waals surface area contributed by atoms with Gasteiger partial charge in [0.05, 0.1) is 5.56 Å². The Morgan fingerprint density at radius 2 is 1.40 bits per heavy atom. The molecule has 4 rings (SSSR count). The normalized spacial score (nSPS) is 14.3. The van der Waals surface area contributed by atoms with Crippen LogP contribution in [0.2, 0.25) is 0 Å². The predicted molar refractivity (Wildman–Crippen MR) is 140 cm³/mol. The van der Waals surface area contributed by atoms with Crippen LogP contribution in [0.5, 0.6) is 0 Å². The standard InChI is InChI=1S/C33H32F2/c1-3-5-7-28-19-20-30-29(22-28)23-32(34)31(33(30)35)21-18-27-16-14-26(15-17-27)13-12-25-10-8-24(6-4-2)9-11-25/h8-11,14-17,23,28H,3-7,19-20,22H2,1-2H3. The number of halogens is 2. The van der Waals surface area contributed by atoms with Gasteiger partial charge in [0.15, 0.2) is 0 Å². The third kappa shape index (κ3) is 6.41. The summed E-state index contributed by atoms with van der Waals surface area (Å²) in [4.78, 5) is 0. The van der Waals surface area contributed by atoms with E-state index in [-0.39, 0.29) is 5.56 Å². The maximum Gasteiger partial charge on any atom is 0.145 e. The molecule has 1 atom stereocenters. The average Bonchev–Trinajstić information content (AvgIpc) is 2.87. The van der Waals surface area contributed by atoms with Gasteiger partial charge in [-0.25, -0.2) is 8.78 Å². The molecule has 0 bridgehead atoms. The summed E-state index contributed by atoms with van der Waals surface area (Å²) in [6.45, 7) is 4.35. The van der Waals surface area contributed by atoms with Crippen molar-refractivity contribution in [3.63, 3.8) is 0 Å². The van der Waals surface area contributed by atoms with E-state index in [1.54, 1.807) is 0 Å². The van der Waals surface area contributed by atoms with Crippen LogP contribution < -0.4 is 0 Å². The lowest BCUT2D eigenvalue weighted by Gasteiger charge is -2.25. The molecule has 0 aromatic heterocycles. The summed E-state index contributed by atoms with van der Waals surface area (Å²) < 4.78 is 29.9. The largest absolute Gasteiger partial charge is 0.206 e. The summed E-state index contributed by atoms with van der Waals surface area (Å²) in [5, 5.41) is 0. The summed E-state index contributed by atoms with van der Waals surface area (Å²) in [5.74, 6) is 11.5. The molecule has 0 aliphatic heterocycles. The third-order valence-corrected chi connectivity index (χ3v) is 6.75. The smallest absolute Gasteiger partial charge is 0.145 e. The van der Waals surface area contributed by atoms with Crippen LogP contribution in [0.3, 0.4) is 0 Å². The van der Waals surface area contributed by atoms with Gasteiger partial charge in [0.2, 0.25) is 0 Å². The van der Waals surface area contributed by atoms with Gasteiger partial charge in [-0.3, -0.25) is 0 Å². The Morgan fingerprint density at radius 3 is 2.00 bits per heavy atom. The van der Waals surface area contributed by atoms with Crippen molar-refractivity contribution in [2.75, 3.05) is 0 Å². The molecule has 3 aromatic rings. The summed E-state index contributed by atoms with van der Waals surface area (Å²) in [6.07, 6.45) is 8.06. The number of rotatable bonds is 5. The molecule has 1 unspecified atom stereocenters. The van der Waals surface area contributed by atoms with Gasteiger partial charge in [-0.1, -0.05) is 75.3 Å². The van der Waals surface area contributed by atoms with Crippen molar-refractivity contribution in [2.24, 2.45) is 5.92 Å². The second-order valence-electron chi connectivity index (χ2n) is 9.46. The first kappa shape index (κ1) is 24.8. The molecule has 0 fully saturated rings. The molecule has 35 heavy (non-hydrogen) atoms. The van der Waals surface area contributed by atoms with Crippen molar-refractivity contribution >= 4 is 0 Å². The summed E-state index contributed by atoms with van der Waals surface area (Å²) >= 11 is 0. The van der Waals surface area contributed by atoms with Crippen LogP contribution in [0, 0.1) is 41.2 Å². The molecule has 0 amide bonds. The van der Waals surface area contributed by atoms with E-state index in [1.165, 1.54) is 18.1 Å². The highest BCUT2D eigenvalue weighted by atomic mass is 19.1. The second-order valence-corrected chi connectivity index (χ2v) is 9.46. The second kappa shape index (κ2) is 11.9. The molecule has 1 aliphatic rings. The number of unbranched alkanes of at least 4 members (excludes halogenated alkanes) is 1. The SMILES string of the molecule is CCCCC1CCc2c(cc(F)c(C#Cc3ccc(C#Cc4ccc(CCC)cc4)cc3)c2F)C1. The predicted octanol–water partition coefficient (Wildman–Crippen LogP) is 8.01. The number of fused-ring (bicyclic) bond motifs is 1. The van der Waals surface area contributed by atoms with E-state index >= 15 is 4.39 Å². The van der Waals surface area contributed by atoms with Gasteiger partial charge >= 0.3 is 0 Å². The highest BCUT2D eigenvalue weighted by Crippen LogP contribution is 2.32. The van der Waals surface area contributed by atoms with Gasteiger partial charge in [0, 0.05) is 16.7 Å². The monoisotopic (exact) mass is 466 g/mol. The van der Waals surface area contributed by atoms with Crippen molar-refractivity contribution in [3.05, 3.63) is 105 Å². The van der Waals surface area contributed by atoms with Crippen LogP contribution in [0.4, 0.5) is 8.78 Å². The fourth-order valence-corrected chi connectivity index (χ4v) is 4.74. The van der Waals surface area contributed by atoms with Crippen LogP contribution >= 0.6 is 0 Å². The highest BCUT2D eigenvalue weighted by molar-refractivity contribution is 5.50. The Kier molecular flexibility index (Phi) is 8.39. The highest BCUT2D eigenvalue weighted by Gasteiger charge is 2.24. The molecule has 0 N–H and O–H groups in total. The molecular weight excluding hydrogens is 434 g/mol. The Balaban J connectivity index is 1.46. The molecule has 0 saturated carbocycles. The van der Waals surface area contributed by atoms with Gasteiger partial charge in [-0.15, -0.1) is 0 Å². The Labute approximate surface area is 208 Å². The summed E-state index contributed by atoms with van der Waals surface area (Å²) in [5.41, 5.74) is 5.23. The molecule has 0 saturated heterocycles. The van der Waals surface area contributed by atoms with Crippen LogP contribution in [0.15, 0.2) is 54.6 Å². The van der Waals surface area contributed by atoms with Crippen molar-refractivity contribution in [1.29, 1.82) is 0 Å². The van der Waals surface area contributed by atoms with E-state index in [2.05, 4.69) is 49.7 Å². The number of benzene rings is 3. The fraction of sp³-hybridized carbons (Fsp3) is 0.333. The van der Waals surface area contributed by atoms with E-state index < -0.39 is 11.6 Å². The number of hydrogen-bond acceptors (Lipinski definition) is 0. The lowest BCUT2D eigenvalue weighted by atomic mass is 9.80. The fourth-order valence-electron chi connectivity index (χ4n) is 4.74. The third-order valence-electron chi connectivity index (χ3n) is 6.75. The molecule has 0 nitrogen and oxygen atoms in total. The Bertz CT molecular complexity index is 1280. The minimum atomic E-state index is -0.558. The van der Waals surface area contributed by atoms with Crippen molar-refractivity contribution in [2.45, 2.75) is 65.2 Å². The van der Waals surface area contributed by atoms with Gasteiger partial charge < -0.3 is 0 Å². The first-order valence-corrected chi connectivity index (χ1v) is 12.8. The molecule has 0 heterocycles. The van der Waals surface area contributed by atoms with Crippen molar-refractivity contribution < 1.29 is 8.78 Å². The molecular formula is C33H32F2. The number of aryl methyl sites for hydroxylation is 1. The Morgan fingerprint density at radius 1 is 0.800 bits per heavy atom.